The lowest BCUT2D eigenvalue weighted by molar-refractivity contribution is 0.632. The largest absolute Gasteiger partial charge is 0.396 e. The summed E-state index contributed by atoms with van der Waals surface area (Å²) in [6.07, 6.45) is 1.71. The van der Waals surface area contributed by atoms with Gasteiger partial charge in [0.15, 0.2) is 0 Å². The molecule has 0 atom stereocenters. The topological polar surface area (TPSA) is 72.9 Å². The molecule has 3 N–H and O–H groups in total. The molecule has 2 aromatic heterocycles. The van der Waals surface area contributed by atoms with Crippen molar-refractivity contribution in [1.29, 1.82) is 0 Å². The monoisotopic (exact) mass is 390 g/mol. The van der Waals surface area contributed by atoms with Crippen LogP contribution in [0.4, 0.5) is 15.9 Å². The fourth-order valence-electron chi connectivity index (χ4n) is 2.69. The molecule has 2 heterocycles. The lowest BCUT2D eigenvalue weighted by atomic mass is 10.0. The first kappa shape index (κ1) is 16.4. The van der Waals surface area contributed by atoms with E-state index in [2.05, 4.69) is 26.2 Å². The highest BCUT2D eigenvalue weighted by molar-refractivity contribution is 9.10. The molecule has 0 unspecified atom stereocenters. The summed E-state index contributed by atoms with van der Waals surface area (Å²) in [5.41, 5.74) is 7.30. The number of nitrogens with two attached hydrogens (primary N) is 1. The molecule has 24 heavy (non-hydrogen) atoms. The Morgan fingerprint density at radius 1 is 1.29 bits per heavy atom. The van der Waals surface area contributed by atoms with Crippen molar-refractivity contribution in [3.8, 4) is 11.1 Å². The van der Waals surface area contributed by atoms with Crippen LogP contribution in [-0.4, -0.2) is 16.6 Å². The van der Waals surface area contributed by atoms with E-state index in [4.69, 9.17) is 5.73 Å². The highest BCUT2D eigenvalue weighted by Crippen LogP contribution is 2.31. The minimum Gasteiger partial charge on any atom is -0.396 e. The van der Waals surface area contributed by atoms with Gasteiger partial charge in [0, 0.05) is 46.8 Å². The zero-order valence-electron chi connectivity index (χ0n) is 13.2. The maximum absolute atomic E-state index is 13.6. The van der Waals surface area contributed by atoms with Gasteiger partial charge in [-0.3, -0.25) is 4.79 Å². The molecule has 7 heteroatoms. The van der Waals surface area contributed by atoms with Gasteiger partial charge in [0.05, 0.1) is 11.2 Å². The third-order valence-corrected chi connectivity index (χ3v) is 4.58. The van der Waals surface area contributed by atoms with E-state index in [9.17, 15) is 9.18 Å². The van der Waals surface area contributed by atoms with Crippen LogP contribution in [0.5, 0.6) is 0 Å². The number of hydrogen-bond acceptors (Lipinski definition) is 4. The molecule has 0 saturated heterocycles. The third-order valence-electron chi connectivity index (χ3n) is 3.93. The Balaban J connectivity index is 2.36. The molecule has 3 aromatic rings. The highest BCUT2D eigenvalue weighted by Gasteiger charge is 2.15. The summed E-state index contributed by atoms with van der Waals surface area (Å²) in [6.45, 7) is 2.41. The zero-order chi connectivity index (χ0) is 17.4. The Labute approximate surface area is 146 Å². The molecule has 0 saturated carbocycles. The number of nitrogens with one attached hydrogen (secondary N) is 1. The SMILES string of the molecule is CCn1c(=O)c(-c2cc(N)c(F)cc2Br)cc2cnc(NC)cc21. The van der Waals surface area contributed by atoms with Gasteiger partial charge in [-0.05, 0) is 25.1 Å². The number of pyridine rings is 2. The van der Waals surface area contributed by atoms with Crippen LogP contribution in [0.3, 0.4) is 0 Å². The molecule has 0 fully saturated rings. The summed E-state index contributed by atoms with van der Waals surface area (Å²) in [6, 6.07) is 6.33. The summed E-state index contributed by atoms with van der Waals surface area (Å²) in [4.78, 5) is 17.2. The molecule has 0 aliphatic heterocycles. The third kappa shape index (κ3) is 2.65. The molecular weight excluding hydrogens is 375 g/mol. The average molecular weight is 391 g/mol. The Hall–Kier alpha value is -2.41. The predicted molar refractivity (Wildman–Crippen MR) is 98.7 cm³/mol. The first-order valence-corrected chi connectivity index (χ1v) is 8.21. The van der Waals surface area contributed by atoms with Crippen LogP contribution in [0.1, 0.15) is 6.92 Å². The number of nitrogens with zero attached hydrogens (tertiary/aromatic N) is 2. The van der Waals surface area contributed by atoms with Gasteiger partial charge >= 0.3 is 0 Å². The van der Waals surface area contributed by atoms with Crippen LogP contribution in [-0.2, 0) is 6.54 Å². The van der Waals surface area contributed by atoms with Crippen molar-refractivity contribution in [2.24, 2.45) is 0 Å². The molecule has 0 bridgehead atoms. The van der Waals surface area contributed by atoms with Crippen LogP contribution in [0.15, 0.2) is 39.7 Å². The molecule has 0 spiro atoms. The number of benzene rings is 1. The number of fused-ring (bicyclic) bond motifs is 1. The Kier molecular flexibility index (Phi) is 4.28. The van der Waals surface area contributed by atoms with Crippen molar-refractivity contribution in [1.82, 2.24) is 9.55 Å². The van der Waals surface area contributed by atoms with Crippen molar-refractivity contribution >= 4 is 38.3 Å². The quantitative estimate of drug-likeness (QED) is 0.670. The fourth-order valence-corrected chi connectivity index (χ4v) is 3.22. The zero-order valence-corrected chi connectivity index (χ0v) is 14.8. The van der Waals surface area contributed by atoms with Gasteiger partial charge in [-0.2, -0.15) is 0 Å². The van der Waals surface area contributed by atoms with Crippen molar-refractivity contribution in [3.63, 3.8) is 0 Å². The molecule has 0 radical (unpaired) electrons. The van der Waals surface area contributed by atoms with E-state index in [1.807, 2.05) is 13.0 Å². The minimum absolute atomic E-state index is 0.000554. The van der Waals surface area contributed by atoms with E-state index < -0.39 is 5.82 Å². The van der Waals surface area contributed by atoms with Crippen LogP contribution >= 0.6 is 15.9 Å². The first-order chi connectivity index (χ1) is 11.5. The van der Waals surface area contributed by atoms with Gasteiger partial charge in [0.1, 0.15) is 11.6 Å². The number of aromatic nitrogens is 2. The van der Waals surface area contributed by atoms with E-state index >= 15 is 0 Å². The number of rotatable bonds is 3. The summed E-state index contributed by atoms with van der Waals surface area (Å²) in [5, 5.41) is 3.79. The number of aryl methyl sites for hydroxylation is 1. The predicted octanol–water partition coefficient (Wildman–Crippen LogP) is 3.61. The molecule has 1 aromatic carbocycles. The Morgan fingerprint density at radius 2 is 2.04 bits per heavy atom. The van der Waals surface area contributed by atoms with E-state index in [0.717, 1.165) is 10.9 Å². The first-order valence-electron chi connectivity index (χ1n) is 7.42. The normalized spacial score (nSPS) is 11.0. The van der Waals surface area contributed by atoms with Gasteiger partial charge in [-0.1, -0.05) is 15.9 Å². The van der Waals surface area contributed by atoms with Crippen molar-refractivity contribution in [3.05, 3.63) is 51.1 Å². The molecule has 124 valence electrons. The van der Waals surface area contributed by atoms with Gasteiger partial charge < -0.3 is 15.6 Å². The maximum Gasteiger partial charge on any atom is 0.258 e. The number of halogens is 2. The van der Waals surface area contributed by atoms with E-state index in [1.54, 1.807) is 23.9 Å². The minimum atomic E-state index is -0.525. The van der Waals surface area contributed by atoms with Crippen molar-refractivity contribution in [2.75, 3.05) is 18.1 Å². The number of hydrogen-bond donors (Lipinski definition) is 2. The second kappa shape index (κ2) is 6.24. The smallest absolute Gasteiger partial charge is 0.258 e. The molecule has 0 amide bonds. The van der Waals surface area contributed by atoms with Crippen molar-refractivity contribution in [2.45, 2.75) is 13.5 Å². The molecule has 3 rings (SSSR count). The van der Waals surface area contributed by atoms with E-state index in [0.29, 0.717) is 28.0 Å². The number of anilines is 2. The molecule has 0 aliphatic carbocycles. The van der Waals surface area contributed by atoms with Gasteiger partial charge in [0.2, 0.25) is 0 Å². The van der Waals surface area contributed by atoms with E-state index in [1.165, 1.54) is 12.1 Å². The van der Waals surface area contributed by atoms with Gasteiger partial charge in [0.25, 0.3) is 5.56 Å². The summed E-state index contributed by atoms with van der Waals surface area (Å²) >= 11 is 3.32. The van der Waals surface area contributed by atoms with Crippen LogP contribution in [0.25, 0.3) is 22.0 Å². The Morgan fingerprint density at radius 3 is 2.71 bits per heavy atom. The van der Waals surface area contributed by atoms with Crippen LogP contribution in [0.2, 0.25) is 0 Å². The second-order valence-electron chi connectivity index (χ2n) is 5.34. The average Bonchev–Trinajstić information content (AvgIpc) is 2.57. The van der Waals surface area contributed by atoms with Gasteiger partial charge in [-0.15, -0.1) is 0 Å². The maximum atomic E-state index is 13.6. The summed E-state index contributed by atoms with van der Waals surface area (Å²) in [5.74, 6) is 0.159. The second-order valence-corrected chi connectivity index (χ2v) is 6.19. The molecular formula is C17H16BrFN4O. The lowest BCUT2D eigenvalue weighted by Gasteiger charge is -2.13. The van der Waals surface area contributed by atoms with Crippen LogP contribution in [0, 0.1) is 5.82 Å². The van der Waals surface area contributed by atoms with Gasteiger partial charge in [-0.25, -0.2) is 9.37 Å². The number of nitrogen functional groups attached to an aromatic ring is 1. The Bertz CT molecular complexity index is 1000. The van der Waals surface area contributed by atoms with E-state index in [-0.39, 0.29) is 11.2 Å². The molecule has 0 aliphatic rings. The summed E-state index contributed by atoms with van der Waals surface area (Å²) < 4.78 is 15.7. The van der Waals surface area contributed by atoms with Crippen LogP contribution < -0.4 is 16.6 Å². The fraction of sp³-hybridized carbons (Fsp3) is 0.176. The summed E-state index contributed by atoms with van der Waals surface area (Å²) in [7, 11) is 1.77. The lowest BCUT2D eigenvalue weighted by Crippen LogP contribution is -2.21. The standard InChI is InChI=1S/C17H16BrFN4O/c1-3-23-15-7-16(21-2)22-8-9(15)4-11(17(23)24)10-5-14(20)13(19)6-12(10)18/h4-8H,3,20H2,1-2H3,(H,21,22). The molecule has 5 nitrogen and oxygen atoms in total. The van der Waals surface area contributed by atoms with Crippen molar-refractivity contribution < 1.29 is 4.39 Å². The highest BCUT2D eigenvalue weighted by atomic mass is 79.9.